The standard InChI is InChI=1S/C25H32N4O4/c1-25(2,3)28(24(31)19-7-4-5-8-19)17-22(30)27-16-15-26-14-6-9-21(26)23(27)18-10-12-20(13-11-18)29(32)33/h6,9-14,19,23H,4-5,7-8,15-17H2,1-3H3/t23-/m1/s1. The summed E-state index contributed by atoms with van der Waals surface area (Å²) in [6, 6.07) is 9.97. The van der Waals surface area contributed by atoms with Crippen molar-refractivity contribution in [2.24, 2.45) is 5.92 Å². The molecule has 1 atom stereocenters. The normalized spacial score (nSPS) is 18.8. The van der Waals surface area contributed by atoms with Gasteiger partial charge in [0, 0.05) is 48.6 Å². The Kier molecular flexibility index (Phi) is 6.28. The van der Waals surface area contributed by atoms with Crippen LogP contribution in [0, 0.1) is 16.0 Å². The monoisotopic (exact) mass is 452 g/mol. The fourth-order valence-corrected chi connectivity index (χ4v) is 5.05. The molecule has 33 heavy (non-hydrogen) atoms. The van der Waals surface area contributed by atoms with Crippen molar-refractivity contribution < 1.29 is 14.5 Å². The molecule has 1 aromatic heterocycles. The first-order valence-corrected chi connectivity index (χ1v) is 11.7. The molecule has 1 saturated carbocycles. The number of carbonyl (C=O) groups is 2. The third-order valence-corrected chi connectivity index (χ3v) is 6.85. The van der Waals surface area contributed by atoms with Crippen molar-refractivity contribution in [3.05, 3.63) is 64.0 Å². The number of nitrogens with zero attached hydrogens (tertiary/aromatic N) is 4. The Bertz CT molecular complexity index is 1030. The number of hydrogen-bond donors (Lipinski definition) is 0. The number of fused-ring (bicyclic) bond motifs is 1. The number of nitro benzene ring substituents is 1. The minimum Gasteiger partial charge on any atom is -0.348 e. The van der Waals surface area contributed by atoms with Crippen LogP contribution in [-0.2, 0) is 16.1 Å². The maximum absolute atomic E-state index is 13.7. The minimum atomic E-state index is -0.464. The van der Waals surface area contributed by atoms with E-state index in [4.69, 9.17) is 0 Å². The van der Waals surface area contributed by atoms with E-state index in [0.29, 0.717) is 13.1 Å². The van der Waals surface area contributed by atoms with E-state index in [1.807, 2.05) is 44.0 Å². The molecule has 4 rings (SSSR count). The highest BCUT2D eigenvalue weighted by Gasteiger charge is 2.38. The Balaban J connectivity index is 1.63. The van der Waals surface area contributed by atoms with Gasteiger partial charge in [-0.15, -0.1) is 0 Å². The zero-order valence-electron chi connectivity index (χ0n) is 19.6. The maximum Gasteiger partial charge on any atom is 0.269 e. The molecule has 0 N–H and O–H groups in total. The van der Waals surface area contributed by atoms with Crippen molar-refractivity contribution in [2.45, 2.75) is 64.6 Å². The Labute approximate surface area is 194 Å². The quantitative estimate of drug-likeness (QED) is 0.504. The summed E-state index contributed by atoms with van der Waals surface area (Å²) >= 11 is 0. The lowest BCUT2D eigenvalue weighted by molar-refractivity contribution is -0.384. The molecular formula is C25H32N4O4. The molecule has 2 heterocycles. The van der Waals surface area contributed by atoms with Crippen molar-refractivity contribution in [3.8, 4) is 0 Å². The van der Waals surface area contributed by atoms with E-state index in [-0.39, 0.29) is 36.0 Å². The number of carbonyl (C=O) groups excluding carboxylic acids is 2. The fourth-order valence-electron chi connectivity index (χ4n) is 5.05. The van der Waals surface area contributed by atoms with E-state index >= 15 is 0 Å². The van der Waals surface area contributed by atoms with E-state index in [9.17, 15) is 19.7 Å². The molecule has 1 aliphatic carbocycles. The zero-order valence-corrected chi connectivity index (χ0v) is 19.6. The molecule has 8 heteroatoms. The van der Waals surface area contributed by atoms with Crippen molar-refractivity contribution >= 4 is 17.5 Å². The average Bonchev–Trinajstić information content (AvgIpc) is 3.47. The van der Waals surface area contributed by atoms with Crippen LogP contribution < -0.4 is 0 Å². The van der Waals surface area contributed by atoms with Gasteiger partial charge >= 0.3 is 0 Å². The Hall–Kier alpha value is -3.16. The molecule has 8 nitrogen and oxygen atoms in total. The summed E-state index contributed by atoms with van der Waals surface area (Å²) in [6.45, 7) is 7.14. The lowest BCUT2D eigenvalue weighted by Crippen LogP contribution is -2.54. The van der Waals surface area contributed by atoms with Gasteiger partial charge in [0.15, 0.2) is 0 Å². The number of aromatic nitrogens is 1. The SMILES string of the molecule is CC(C)(C)N(CC(=O)N1CCn2cccc2[C@H]1c1ccc([N+](=O)[O-])cc1)C(=O)C1CCCC1. The largest absolute Gasteiger partial charge is 0.348 e. The minimum absolute atomic E-state index is 0.00100. The molecule has 0 unspecified atom stereocenters. The fraction of sp³-hybridized carbons (Fsp3) is 0.520. The molecule has 0 radical (unpaired) electrons. The predicted octanol–water partition coefficient (Wildman–Crippen LogP) is 4.15. The van der Waals surface area contributed by atoms with Gasteiger partial charge in [-0.3, -0.25) is 19.7 Å². The van der Waals surface area contributed by atoms with Gasteiger partial charge < -0.3 is 14.4 Å². The molecule has 2 aliphatic rings. The second kappa shape index (κ2) is 9.00. The summed E-state index contributed by atoms with van der Waals surface area (Å²) in [7, 11) is 0. The average molecular weight is 453 g/mol. The van der Waals surface area contributed by atoms with Crippen molar-refractivity contribution in [1.29, 1.82) is 0 Å². The number of hydrogen-bond acceptors (Lipinski definition) is 4. The van der Waals surface area contributed by atoms with Crippen molar-refractivity contribution in [1.82, 2.24) is 14.4 Å². The summed E-state index contributed by atoms with van der Waals surface area (Å²) in [5.74, 6) is -0.0335. The van der Waals surface area contributed by atoms with E-state index < -0.39 is 10.5 Å². The third-order valence-electron chi connectivity index (χ3n) is 6.85. The highest BCUT2D eigenvalue weighted by atomic mass is 16.6. The summed E-state index contributed by atoms with van der Waals surface area (Å²) in [5, 5.41) is 11.1. The van der Waals surface area contributed by atoms with Gasteiger partial charge in [-0.05, 0) is 63.4 Å². The Morgan fingerprint density at radius 3 is 2.36 bits per heavy atom. The van der Waals surface area contributed by atoms with Crippen LogP contribution in [0.1, 0.15) is 63.8 Å². The first-order chi connectivity index (χ1) is 15.7. The Morgan fingerprint density at radius 2 is 1.76 bits per heavy atom. The van der Waals surface area contributed by atoms with Crippen molar-refractivity contribution in [2.75, 3.05) is 13.1 Å². The summed E-state index contributed by atoms with van der Waals surface area (Å²) < 4.78 is 2.11. The highest BCUT2D eigenvalue weighted by Crippen LogP contribution is 2.34. The zero-order chi connectivity index (χ0) is 23.8. The number of non-ortho nitro benzene ring substituents is 1. The number of rotatable bonds is 5. The number of benzene rings is 1. The molecule has 2 amide bonds. The molecule has 1 fully saturated rings. The molecule has 0 spiro atoms. The number of amides is 2. The van der Waals surface area contributed by atoms with Crippen LogP contribution in [-0.4, -0.2) is 49.7 Å². The molecule has 1 aliphatic heterocycles. The first kappa shape index (κ1) is 23.0. The van der Waals surface area contributed by atoms with E-state index in [1.165, 1.54) is 12.1 Å². The molecule has 1 aromatic carbocycles. The van der Waals surface area contributed by atoms with Crippen LogP contribution in [0.5, 0.6) is 0 Å². The van der Waals surface area contributed by atoms with E-state index in [2.05, 4.69) is 4.57 Å². The van der Waals surface area contributed by atoms with Crippen LogP contribution >= 0.6 is 0 Å². The molecular weight excluding hydrogens is 420 g/mol. The number of nitro groups is 1. The molecule has 176 valence electrons. The van der Waals surface area contributed by atoms with Crippen molar-refractivity contribution in [3.63, 3.8) is 0 Å². The van der Waals surface area contributed by atoms with Gasteiger partial charge in [0.05, 0.1) is 11.0 Å². The van der Waals surface area contributed by atoms with Gasteiger partial charge in [-0.25, -0.2) is 0 Å². The predicted molar refractivity (Wildman–Crippen MR) is 125 cm³/mol. The van der Waals surface area contributed by atoms with Crippen LogP contribution in [0.2, 0.25) is 0 Å². The van der Waals surface area contributed by atoms with E-state index in [1.54, 1.807) is 17.0 Å². The van der Waals surface area contributed by atoms with Gasteiger partial charge in [-0.2, -0.15) is 0 Å². The van der Waals surface area contributed by atoms with E-state index in [0.717, 1.165) is 36.9 Å². The molecule has 2 aromatic rings. The van der Waals surface area contributed by atoms with Gasteiger partial charge in [0.1, 0.15) is 6.54 Å². The van der Waals surface area contributed by atoms with Gasteiger partial charge in [0.25, 0.3) is 5.69 Å². The summed E-state index contributed by atoms with van der Waals surface area (Å²) in [4.78, 5) is 41.2. The van der Waals surface area contributed by atoms with Crippen LogP contribution in [0.25, 0.3) is 0 Å². The Morgan fingerprint density at radius 1 is 1.09 bits per heavy atom. The molecule has 0 bridgehead atoms. The summed E-state index contributed by atoms with van der Waals surface area (Å²) in [5.41, 5.74) is 1.34. The highest BCUT2D eigenvalue weighted by molar-refractivity contribution is 5.87. The van der Waals surface area contributed by atoms with Crippen LogP contribution in [0.3, 0.4) is 0 Å². The molecule has 0 saturated heterocycles. The maximum atomic E-state index is 13.7. The second-order valence-electron chi connectivity index (χ2n) is 10.0. The lowest BCUT2D eigenvalue weighted by Gasteiger charge is -2.41. The van der Waals surface area contributed by atoms with Gasteiger partial charge in [0.2, 0.25) is 11.8 Å². The smallest absolute Gasteiger partial charge is 0.269 e. The third kappa shape index (κ3) is 4.65. The second-order valence-corrected chi connectivity index (χ2v) is 10.0. The lowest BCUT2D eigenvalue weighted by atomic mass is 9.98. The summed E-state index contributed by atoms with van der Waals surface area (Å²) in [6.07, 6.45) is 5.90. The van der Waals surface area contributed by atoms with Crippen LogP contribution in [0.15, 0.2) is 42.6 Å². The topological polar surface area (TPSA) is 88.7 Å². The van der Waals surface area contributed by atoms with Crippen LogP contribution in [0.4, 0.5) is 5.69 Å². The first-order valence-electron chi connectivity index (χ1n) is 11.7. The van der Waals surface area contributed by atoms with Gasteiger partial charge in [-0.1, -0.05) is 12.8 Å².